The molecule has 0 aromatic heterocycles. The van der Waals surface area contributed by atoms with Gasteiger partial charge in [0.2, 0.25) is 0 Å². The quantitative estimate of drug-likeness (QED) is 0.519. The number of phenolic OH excluding ortho intramolecular Hbond substituents is 1. The van der Waals surface area contributed by atoms with Crippen molar-refractivity contribution in [2.24, 2.45) is 5.10 Å². The van der Waals surface area contributed by atoms with Gasteiger partial charge in [0.1, 0.15) is 11.8 Å². The number of rotatable bonds is 6. The predicted octanol–water partition coefficient (Wildman–Crippen LogP) is 3.80. The molecule has 5 nitrogen and oxygen atoms in total. The highest BCUT2D eigenvalue weighted by Crippen LogP contribution is 2.16. The Labute approximate surface area is 149 Å². The first-order valence-corrected chi connectivity index (χ1v) is 8.43. The Morgan fingerprint density at radius 2 is 2.00 bits per heavy atom. The minimum atomic E-state index is -0.394. The van der Waals surface area contributed by atoms with Gasteiger partial charge in [-0.2, -0.15) is 5.10 Å². The van der Waals surface area contributed by atoms with Crippen LogP contribution in [-0.2, 0) is 4.79 Å². The molecular weight excluding hydrogens is 370 g/mol. The van der Waals surface area contributed by atoms with Gasteiger partial charge < -0.3 is 10.4 Å². The van der Waals surface area contributed by atoms with Crippen LogP contribution in [0.4, 0.5) is 5.69 Å². The van der Waals surface area contributed by atoms with Crippen LogP contribution in [0.25, 0.3) is 0 Å². The maximum absolute atomic E-state index is 12.2. The molecule has 1 unspecified atom stereocenters. The van der Waals surface area contributed by atoms with E-state index in [0.717, 1.165) is 15.7 Å². The number of halogens is 1. The normalized spacial score (nSPS) is 12.1. The van der Waals surface area contributed by atoms with E-state index in [1.807, 2.05) is 38.1 Å². The maximum atomic E-state index is 12.2. The highest BCUT2D eigenvalue weighted by Gasteiger charge is 2.15. The van der Waals surface area contributed by atoms with Crippen LogP contribution >= 0.6 is 15.9 Å². The van der Waals surface area contributed by atoms with E-state index in [1.165, 1.54) is 6.21 Å². The van der Waals surface area contributed by atoms with Crippen LogP contribution in [0.15, 0.2) is 52.0 Å². The molecule has 0 fully saturated rings. The number of carbonyl (C=O) groups excluding carboxylic acids is 1. The van der Waals surface area contributed by atoms with Crippen LogP contribution in [0.2, 0.25) is 0 Å². The Morgan fingerprint density at radius 3 is 2.67 bits per heavy atom. The van der Waals surface area contributed by atoms with E-state index < -0.39 is 6.04 Å². The topological polar surface area (TPSA) is 73.7 Å². The first-order valence-electron chi connectivity index (χ1n) is 7.64. The zero-order valence-corrected chi connectivity index (χ0v) is 15.2. The van der Waals surface area contributed by atoms with Crippen molar-refractivity contribution in [1.82, 2.24) is 5.43 Å². The third-order valence-electron chi connectivity index (χ3n) is 3.47. The highest BCUT2D eigenvalue weighted by molar-refractivity contribution is 9.10. The third kappa shape index (κ3) is 5.09. The van der Waals surface area contributed by atoms with E-state index in [9.17, 15) is 9.90 Å². The number of hydrazone groups is 1. The lowest BCUT2D eigenvalue weighted by Crippen LogP contribution is -2.36. The van der Waals surface area contributed by atoms with E-state index >= 15 is 0 Å². The molecule has 3 N–H and O–H groups in total. The average molecular weight is 390 g/mol. The number of hydrogen-bond donors (Lipinski definition) is 3. The Hall–Kier alpha value is -2.34. The molecule has 2 aromatic carbocycles. The molecule has 0 aliphatic heterocycles. The van der Waals surface area contributed by atoms with Gasteiger partial charge in [0.15, 0.2) is 0 Å². The lowest BCUT2D eigenvalue weighted by molar-refractivity contribution is -0.121. The minimum Gasteiger partial charge on any atom is -0.507 e. The molecule has 1 atom stereocenters. The number of benzene rings is 2. The van der Waals surface area contributed by atoms with Crippen LogP contribution < -0.4 is 10.7 Å². The summed E-state index contributed by atoms with van der Waals surface area (Å²) in [7, 11) is 0. The lowest BCUT2D eigenvalue weighted by atomic mass is 10.1. The molecule has 0 saturated carbocycles. The molecule has 0 aliphatic carbocycles. The van der Waals surface area contributed by atoms with Crippen LogP contribution in [0.1, 0.15) is 24.5 Å². The second-order valence-corrected chi connectivity index (χ2v) is 6.32. The van der Waals surface area contributed by atoms with Gasteiger partial charge in [-0.05, 0) is 49.7 Å². The van der Waals surface area contributed by atoms with Gasteiger partial charge in [0.25, 0.3) is 5.91 Å². The molecule has 2 aromatic rings. The van der Waals surface area contributed by atoms with Crippen molar-refractivity contribution in [3.05, 3.63) is 58.1 Å². The van der Waals surface area contributed by atoms with Crippen molar-refractivity contribution in [3.63, 3.8) is 0 Å². The second kappa shape index (κ2) is 8.49. The summed E-state index contributed by atoms with van der Waals surface area (Å²) in [6.07, 6.45) is 2.06. The second-order valence-electron chi connectivity index (χ2n) is 5.41. The maximum Gasteiger partial charge on any atom is 0.262 e. The average Bonchev–Trinajstić information content (AvgIpc) is 2.57. The Balaban J connectivity index is 1.97. The van der Waals surface area contributed by atoms with Crippen molar-refractivity contribution in [2.75, 3.05) is 5.32 Å². The van der Waals surface area contributed by atoms with E-state index in [4.69, 9.17) is 0 Å². The van der Waals surface area contributed by atoms with Gasteiger partial charge in [-0.3, -0.25) is 4.79 Å². The molecule has 0 spiro atoms. The summed E-state index contributed by atoms with van der Waals surface area (Å²) in [6.45, 7) is 3.84. The first kappa shape index (κ1) is 18.0. The van der Waals surface area contributed by atoms with E-state index in [0.29, 0.717) is 12.0 Å². The molecule has 0 heterocycles. The van der Waals surface area contributed by atoms with Crippen LogP contribution in [0.3, 0.4) is 0 Å². The van der Waals surface area contributed by atoms with Gasteiger partial charge in [-0.25, -0.2) is 5.43 Å². The van der Waals surface area contributed by atoms with Crippen molar-refractivity contribution in [1.29, 1.82) is 0 Å². The fraction of sp³-hybridized carbons (Fsp3) is 0.222. The van der Waals surface area contributed by atoms with Crippen molar-refractivity contribution >= 4 is 33.7 Å². The van der Waals surface area contributed by atoms with E-state index in [1.54, 1.807) is 18.2 Å². The number of amides is 1. The molecule has 0 aliphatic rings. The van der Waals surface area contributed by atoms with Crippen molar-refractivity contribution < 1.29 is 9.90 Å². The molecular formula is C18H20BrN3O2. The number of aryl methyl sites for hydroxylation is 1. The Morgan fingerprint density at radius 1 is 1.29 bits per heavy atom. The standard InChI is InChI=1S/C18H20BrN3O2/c1-3-16(21-15-7-5-14(19)6-8-15)18(24)22-20-11-13-10-12(2)4-9-17(13)23/h4-11,16,21,23H,3H2,1-2H3,(H,22,24)/b20-11+. The SMILES string of the molecule is CCC(Nc1ccc(Br)cc1)C(=O)N/N=C/c1cc(C)ccc1O. The smallest absolute Gasteiger partial charge is 0.262 e. The number of phenols is 1. The fourth-order valence-electron chi connectivity index (χ4n) is 2.12. The molecule has 6 heteroatoms. The van der Waals surface area contributed by atoms with E-state index in [2.05, 4.69) is 31.8 Å². The molecule has 1 amide bonds. The molecule has 0 bridgehead atoms. The Bertz CT molecular complexity index is 730. The largest absolute Gasteiger partial charge is 0.507 e. The lowest BCUT2D eigenvalue weighted by Gasteiger charge is -2.16. The summed E-state index contributed by atoms with van der Waals surface area (Å²) in [6, 6.07) is 12.4. The molecule has 126 valence electrons. The number of anilines is 1. The summed E-state index contributed by atoms with van der Waals surface area (Å²) in [5.74, 6) is -0.109. The van der Waals surface area contributed by atoms with E-state index in [-0.39, 0.29) is 11.7 Å². The number of nitrogens with zero attached hydrogens (tertiary/aromatic N) is 1. The summed E-state index contributed by atoms with van der Waals surface area (Å²) in [5, 5.41) is 16.9. The van der Waals surface area contributed by atoms with Gasteiger partial charge in [0, 0.05) is 15.7 Å². The zero-order valence-electron chi connectivity index (χ0n) is 13.6. The molecule has 0 radical (unpaired) electrons. The summed E-state index contributed by atoms with van der Waals surface area (Å²) in [4.78, 5) is 12.2. The number of aromatic hydroxyl groups is 1. The zero-order chi connectivity index (χ0) is 17.5. The summed E-state index contributed by atoms with van der Waals surface area (Å²) < 4.78 is 0.980. The highest BCUT2D eigenvalue weighted by atomic mass is 79.9. The summed E-state index contributed by atoms with van der Waals surface area (Å²) in [5.41, 5.74) is 4.93. The number of carbonyl (C=O) groups is 1. The predicted molar refractivity (Wildman–Crippen MR) is 100 cm³/mol. The molecule has 0 saturated heterocycles. The van der Waals surface area contributed by atoms with Crippen molar-refractivity contribution in [3.8, 4) is 5.75 Å². The first-order chi connectivity index (χ1) is 11.5. The number of nitrogens with one attached hydrogen (secondary N) is 2. The van der Waals surface area contributed by atoms with Gasteiger partial charge >= 0.3 is 0 Å². The fourth-order valence-corrected chi connectivity index (χ4v) is 2.39. The molecule has 2 rings (SSSR count). The van der Waals surface area contributed by atoms with Gasteiger partial charge in [-0.1, -0.05) is 34.5 Å². The third-order valence-corrected chi connectivity index (χ3v) is 4.00. The Kier molecular flexibility index (Phi) is 6.37. The van der Waals surface area contributed by atoms with Gasteiger partial charge in [-0.15, -0.1) is 0 Å². The van der Waals surface area contributed by atoms with Gasteiger partial charge in [0.05, 0.1) is 6.21 Å². The monoisotopic (exact) mass is 389 g/mol. The van der Waals surface area contributed by atoms with Crippen LogP contribution in [0.5, 0.6) is 5.75 Å². The van der Waals surface area contributed by atoms with Crippen LogP contribution in [0, 0.1) is 6.92 Å². The molecule has 24 heavy (non-hydrogen) atoms. The summed E-state index contributed by atoms with van der Waals surface area (Å²) >= 11 is 3.38. The number of hydrogen-bond acceptors (Lipinski definition) is 4. The van der Waals surface area contributed by atoms with Crippen LogP contribution in [-0.4, -0.2) is 23.3 Å². The minimum absolute atomic E-state index is 0.124. The van der Waals surface area contributed by atoms with Crippen molar-refractivity contribution in [2.45, 2.75) is 26.3 Å².